The summed E-state index contributed by atoms with van der Waals surface area (Å²) in [5.41, 5.74) is 6.79. The van der Waals surface area contributed by atoms with Gasteiger partial charge in [-0.3, -0.25) is 0 Å². The second kappa shape index (κ2) is 6.48. The Labute approximate surface area is 113 Å². The Morgan fingerprint density at radius 2 is 1.94 bits per heavy atom. The molecule has 0 radical (unpaired) electrons. The fourth-order valence-electron chi connectivity index (χ4n) is 1.53. The van der Waals surface area contributed by atoms with Crippen molar-refractivity contribution in [3.05, 3.63) is 27.7 Å². The SMILES string of the molecule is CCC(C)Oc1c(Cl)cc(Cl)cc1CC(C)N. The summed E-state index contributed by atoms with van der Waals surface area (Å²) in [6, 6.07) is 3.61. The van der Waals surface area contributed by atoms with E-state index in [1.54, 1.807) is 6.07 Å². The topological polar surface area (TPSA) is 35.2 Å². The van der Waals surface area contributed by atoms with Gasteiger partial charge in [0.2, 0.25) is 0 Å². The highest BCUT2D eigenvalue weighted by molar-refractivity contribution is 6.35. The van der Waals surface area contributed by atoms with Crippen LogP contribution in [-0.4, -0.2) is 12.1 Å². The van der Waals surface area contributed by atoms with Crippen molar-refractivity contribution in [3.63, 3.8) is 0 Å². The van der Waals surface area contributed by atoms with E-state index in [2.05, 4.69) is 6.92 Å². The van der Waals surface area contributed by atoms with Gasteiger partial charge in [0.05, 0.1) is 11.1 Å². The minimum atomic E-state index is 0.0452. The molecule has 0 spiro atoms. The zero-order valence-electron chi connectivity index (χ0n) is 10.5. The summed E-state index contributed by atoms with van der Waals surface area (Å²) in [7, 11) is 0. The van der Waals surface area contributed by atoms with Crippen LogP contribution >= 0.6 is 23.2 Å². The number of ether oxygens (including phenoxy) is 1. The first-order valence-corrected chi connectivity index (χ1v) is 6.59. The van der Waals surface area contributed by atoms with E-state index >= 15 is 0 Å². The summed E-state index contributed by atoms with van der Waals surface area (Å²) in [6.07, 6.45) is 1.75. The molecule has 2 atom stereocenters. The van der Waals surface area contributed by atoms with E-state index in [4.69, 9.17) is 33.7 Å². The van der Waals surface area contributed by atoms with Crippen molar-refractivity contribution in [3.8, 4) is 5.75 Å². The van der Waals surface area contributed by atoms with Crippen molar-refractivity contribution in [2.45, 2.75) is 45.8 Å². The Hall–Kier alpha value is -0.440. The molecule has 4 heteroatoms. The molecule has 0 bridgehead atoms. The molecule has 0 aliphatic heterocycles. The summed E-state index contributed by atoms with van der Waals surface area (Å²) in [5, 5.41) is 1.16. The number of hydrogen-bond acceptors (Lipinski definition) is 2. The standard InChI is InChI=1S/C13H19Cl2NO/c1-4-9(3)17-13-10(5-8(2)16)6-11(14)7-12(13)15/h6-9H,4-5,16H2,1-3H3. The van der Waals surface area contributed by atoms with Crippen molar-refractivity contribution in [2.24, 2.45) is 5.73 Å². The number of halogens is 2. The average Bonchev–Trinajstić information content (AvgIpc) is 2.21. The van der Waals surface area contributed by atoms with Gasteiger partial charge in [-0.2, -0.15) is 0 Å². The molecule has 96 valence electrons. The zero-order valence-corrected chi connectivity index (χ0v) is 12.0. The fraction of sp³-hybridized carbons (Fsp3) is 0.538. The van der Waals surface area contributed by atoms with Crippen molar-refractivity contribution < 1.29 is 4.74 Å². The van der Waals surface area contributed by atoms with Crippen molar-refractivity contribution >= 4 is 23.2 Å². The first kappa shape index (κ1) is 14.6. The minimum Gasteiger partial charge on any atom is -0.489 e. The first-order valence-electron chi connectivity index (χ1n) is 5.84. The van der Waals surface area contributed by atoms with Gasteiger partial charge in [-0.15, -0.1) is 0 Å². The van der Waals surface area contributed by atoms with Crippen LogP contribution in [0, 0.1) is 0 Å². The molecule has 2 N–H and O–H groups in total. The molecule has 1 rings (SSSR count). The third-order valence-corrected chi connectivity index (χ3v) is 3.02. The predicted molar refractivity (Wildman–Crippen MR) is 74.2 cm³/mol. The lowest BCUT2D eigenvalue weighted by molar-refractivity contribution is 0.215. The van der Waals surface area contributed by atoms with E-state index in [-0.39, 0.29) is 12.1 Å². The second-order valence-electron chi connectivity index (χ2n) is 4.39. The Kier molecular flexibility index (Phi) is 5.57. The van der Waals surface area contributed by atoms with E-state index in [1.165, 1.54) is 0 Å². The predicted octanol–water partition coefficient (Wildman–Crippen LogP) is 4.06. The zero-order chi connectivity index (χ0) is 13.0. The van der Waals surface area contributed by atoms with E-state index in [1.807, 2.05) is 19.9 Å². The van der Waals surface area contributed by atoms with Crippen LogP contribution < -0.4 is 10.5 Å². The highest BCUT2D eigenvalue weighted by atomic mass is 35.5. The van der Waals surface area contributed by atoms with Gasteiger partial charge < -0.3 is 10.5 Å². The maximum Gasteiger partial charge on any atom is 0.141 e. The van der Waals surface area contributed by atoms with Gasteiger partial charge in [0, 0.05) is 11.1 Å². The highest BCUT2D eigenvalue weighted by Gasteiger charge is 2.14. The van der Waals surface area contributed by atoms with E-state index in [0.29, 0.717) is 22.2 Å². The van der Waals surface area contributed by atoms with Crippen molar-refractivity contribution in [1.29, 1.82) is 0 Å². The molecule has 0 saturated heterocycles. The number of benzene rings is 1. The Bertz CT molecular complexity index is 380. The molecule has 2 nitrogen and oxygen atoms in total. The van der Waals surface area contributed by atoms with Crippen LogP contribution in [0.5, 0.6) is 5.75 Å². The van der Waals surface area contributed by atoms with E-state index < -0.39 is 0 Å². The molecule has 1 aromatic rings. The largest absolute Gasteiger partial charge is 0.489 e. The summed E-state index contributed by atoms with van der Waals surface area (Å²) < 4.78 is 5.84. The molecule has 17 heavy (non-hydrogen) atoms. The Morgan fingerprint density at radius 3 is 2.47 bits per heavy atom. The van der Waals surface area contributed by atoms with Gasteiger partial charge >= 0.3 is 0 Å². The van der Waals surface area contributed by atoms with Gasteiger partial charge in [-0.05, 0) is 44.4 Å². The van der Waals surface area contributed by atoms with Gasteiger partial charge in [-0.1, -0.05) is 30.1 Å². The van der Waals surface area contributed by atoms with E-state index in [0.717, 1.165) is 12.0 Å². The summed E-state index contributed by atoms with van der Waals surface area (Å²) in [5.74, 6) is 0.711. The first-order chi connectivity index (χ1) is 7.93. The summed E-state index contributed by atoms with van der Waals surface area (Å²) >= 11 is 12.2. The fourth-order valence-corrected chi connectivity index (χ4v) is 2.11. The molecular weight excluding hydrogens is 257 g/mol. The molecule has 0 aliphatic rings. The van der Waals surface area contributed by atoms with Gasteiger partial charge in [0.25, 0.3) is 0 Å². The minimum absolute atomic E-state index is 0.0452. The van der Waals surface area contributed by atoms with Crippen LogP contribution in [0.25, 0.3) is 0 Å². The van der Waals surface area contributed by atoms with Crippen LogP contribution in [-0.2, 0) is 6.42 Å². The Balaban J connectivity index is 3.06. The molecule has 2 unspecified atom stereocenters. The number of nitrogens with two attached hydrogens (primary N) is 1. The van der Waals surface area contributed by atoms with Crippen LogP contribution in [0.3, 0.4) is 0 Å². The lowest BCUT2D eigenvalue weighted by atomic mass is 10.1. The highest BCUT2D eigenvalue weighted by Crippen LogP contribution is 2.34. The molecule has 0 amide bonds. The molecule has 0 aromatic heterocycles. The molecular formula is C13H19Cl2NO. The summed E-state index contributed by atoms with van der Waals surface area (Å²) in [4.78, 5) is 0. The third-order valence-electron chi connectivity index (χ3n) is 2.52. The molecule has 0 aliphatic carbocycles. The normalized spacial score (nSPS) is 14.5. The van der Waals surface area contributed by atoms with E-state index in [9.17, 15) is 0 Å². The van der Waals surface area contributed by atoms with Crippen LogP contribution in [0.15, 0.2) is 12.1 Å². The van der Waals surface area contributed by atoms with Crippen LogP contribution in [0.2, 0.25) is 10.0 Å². The average molecular weight is 276 g/mol. The molecule has 0 heterocycles. The second-order valence-corrected chi connectivity index (χ2v) is 5.24. The smallest absolute Gasteiger partial charge is 0.141 e. The van der Waals surface area contributed by atoms with Gasteiger partial charge in [0.15, 0.2) is 0 Å². The quantitative estimate of drug-likeness (QED) is 0.880. The number of hydrogen-bond donors (Lipinski definition) is 1. The third kappa shape index (κ3) is 4.38. The lowest BCUT2D eigenvalue weighted by Gasteiger charge is -2.19. The lowest BCUT2D eigenvalue weighted by Crippen LogP contribution is -2.19. The molecule has 1 aromatic carbocycles. The molecule has 0 fully saturated rings. The Morgan fingerprint density at radius 1 is 1.29 bits per heavy atom. The van der Waals surface area contributed by atoms with Gasteiger partial charge in [-0.25, -0.2) is 0 Å². The van der Waals surface area contributed by atoms with Crippen LogP contribution in [0.4, 0.5) is 0 Å². The van der Waals surface area contributed by atoms with Crippen molar-refractivity contribution in [1.82, 2.24) is 0 Å². The van der Waals surface area contributed by atoms with Gasteiger partial charge in [0.1, 0.15) is 5.75 Å². The monoisotopic (exact) mass is 275 g/mol. The maximum absolute atomic E-state index is 6.17. The van der Waals surface area contributed by atoms with Crippen molar-refractivity contribution in [2.75, 3.05) is 0 Å². The molecule has 0 saturated carbocycles. The maximum atomic E-state index is 6.17. The van der Waals surface area contributed by atoms with Crippen LogP contribution in [0.1, 0.15) is 32.8 Å². The number of rotatable bonds is 5. The summed E-state index contributed by atoms with van der Waals surface area (Å²) in [6.45, 7) is 6.03.